The molecule has 0 bridgehead atoms. The number of rotatable bonds is 4. The largest absolute Gasteiger partial charge is 0.321 e. The summed E-state index contributed by atoms with van der Waals surface area (Å²) >= 11 is 0. The van der Waals surface area contributed by atoms with E-state index in [1.807, 2.05) is 74.5 Å². The zero-order valence-electron chi connectivity index (χ0n) is 11.5. The zero-order valence-corrected chi connectivity index (χ0v) is 11.5. The lowest BCUT2D eigenvalue weighted by atomic mass is 9.86. The molecule has 1 unspecified atom stereocenters. The lowest BCUT2D eigenvalue weighted by Crippen LogP contribution is -2.30. The van der Waals surface area contributed by atoms with Gasteiger partial charge in [0, 0.05) is 5.92 Å². The summed E-state index contributed by atoms with van der Waals surface area (Å²) in [6, 6.07) is 19.2. The second kappa shape index (κ2) is 8.22. The Bertz CT molecular complexity index is 428. The second-order valence-electron chi connectivity index (χ2n) is 4.01. The highest BCUT2D eigenvalue weighted by molar-refractivity contribution is 5.61. The fourth-order valence-electron chi connectivity index (χ4n) is 2.04. The second-order valence-corrected chi connectivity index (χ2v) is 4.01. The average Bonchev–Trinajstić information content (AvgIpc) is 2.51. The molecule has 100 valence electrons. The summed E-state index contributed by atoms with van der Waals surface area (Å²) in [4.78, 5) is 11.0. The Kier molecular flexibility index (Phi) is 6.55. The molecule has 2 aromatic carbocycles. The molecule has 1 atom stereocenters. The van der Waals surface area contributed by atoms with E-state index < -0.39 is 6.04 Å². The van der Waals surface area contributed by atoms with Gasteiger partial charge in [0.15, 0.2) is 0 Å². The van der Waals surface area contributed by atoms with E-state index in [4.69, 9.17) is 5.73 Å². The molecule has 2 N–H and O–H groups in total. The molecule has 0 aliphatic carbocycles. The molecule has 2 aromatic rings. The fraction of sp³-hybridized carbons (Fsp3) is 0.235. The molecule has 0 fully saturated rings. The molecule has 0 aliphatic rings. The molecule has 0 aromatic heterocycles. The van der Waals surface area contributed by atoms with Gasteiger partial charge >= 0.3 is 0 Å². The zero-order chi connectivity index (χ0) is 14.1. The van der Waals surface area contributed by atoms with Crippen molar-refractivity contribution < 1.29 is 4.79 Å². The van der Waals surface area contributed by atoms with Gasteiger partial charge in [-0.05, 0) is 11.1 Å². The maximum Gasteiger partial charge on any atom is 0.137 e. The predicted molar refractivity (Wildman–Crippen MR) is 80.1 cm³/mol. The third-order valence-electron chi connectivity index (χ3n) is 2.86. The number of aldehydes is 1. The van der Waals surface area contributed by atoms with Crippen LogP contribution in [0.15, 0.2) is 60.7 Å². The van der Waals surface area contributed by atoms with Crippen molar-refractivity contribution in [1.29, 1.82) is 0 Å². The van der Waals surface area contributed by atoms with E-state index in [0.717, 1.165) is 17.4 Å². The highest BCUT2D eigenvalue weighted by Gasteiger charge is 2.20. The molecule has 0 spiro atoms. The van der Waals surface area contributed by atoms with Crippen LogP contribution >= 0.6 is 0 Å². The van der Waals surface area contributed by atoms with Crippen LogP contribution < -0.4 is 5.73 Å². The van der Waals surface area contributed by atoms with Gasteiger partial charge in [-0.2, -0.15) is 0 Å². The van der Waals surface area contributed by atoms with Gasteiger partial charge in [0.05, 0.1) is 6.04 Å². The molecule has 2 rings (SSSR count). The number of carbonyl (C=O) groups is 1. The smallest absolute Gasteiger partial charge is 0.137 e. The van der Waals surface area contributed by atoms with Crippen molar-refractivity contribution in [3.63, 3.8) is 0 Å². The van der Waals surface area contributed by atoms with Crippen LogP contribution in [0.1, 0.15) is 30.9 Å². The normalized spacial score (nSPS) is 11.4. The average molecular weight is 255 g/mol. The summed E-state index contributed by atoms with van der Waals surface area (Å²) in [5.41, 5.74) is 8.05. The Balaban J connectivity index is 0.000000861. The van der Waals surface area contributed by atoms with Gasteiger partial charge in [-0.25, -0.2) is 0 Å². The highest BCUT2D eigenvalue weighted by atomic mass is 16.1. The minimum Gasteiger partial charge on any atom is -0.321 e. The minimum absolute atomic E-state index is 0.0742. The fourth-order valence-corrected chi connectivity index (χ4v) is 2.04. The Labute approximate surface area is 115 Å². The van der Waals surface area contributed by atoms with Gasteiger partial charge in [-0.1, -0.05) is 74.5 Å². The lowest BCUT2D eigenvalue weighted by molar-refractivity contribution is -0.109. The SMILES string of the molecule is CC.NC(C=O)C(c1ccccc1)c1ccccc1. The summed E-state index contributed by atoms with van der Waals surface area (Å²) in [6.07, 6.45) is 0.810. The summed E-state index contributed by atoms with van der Waals surface area (Å²) in [5, 5.41) is 0. The van der Waals surface area contributed by atoms with Gasteiger partial charge < -0.3 is 10.5 Å². The van der Waals surface area contributed by atoms with Gasteiger partial charge in [-0.15, -0.1) is 0 Å². The van der Waals surface area contributed by atoms with Crippen LogP contribution in [-0.4, -0.2) is 12.3 Å². The van der Waals surface area contributed by atoms with E-state index in [9.17, 15) is 4.79 Å². The number of hydrogen-bond acceptors (Lipinski definition) is 2. The molecule has 0 saturated heterocycles. The van der Waals surface area contributed by atoms with Crippen LogP contribution in [0.25, 0.3) is 0 Å². The van der Waals surface area contributed by atoms with E-state index >= 15 is 0 Å². The van der Waals surface area contributed by atoms with Crippen molar-refractivity contribution in [2.24, 2.45) is 5.73 Å². The van der Waals surface area contributed by atoms with Gasteiger partial charge in [0.25, 0.3) is 0 Å². The molecule has 2 heteroatoms. The summed E-state index contributed by atoms with van der Waals surface area (Å²) in [7, 11) is 0. The minimum atomic E-state index is -0.514. The van der Waals surface area contributed by atoms with Crippen molar-refractivity contribution in [2.75, 3.05) is 0 Å². The maximum atomic E-state index is 11.0. The molecule has 0 amide bonds. The van der Waals surface area contributed by atoms with E-state index in [1.165, 1.54) is 0 Å². The van der Waals surface area contributed by atoms with Crippen molar-refractivity contribution >= 4 is 6.29 Å². The van der Waals surface area contributed by atoms with E-state index in [-0.39, 0.29) is 5.92 Å². The van der Waals surface area contributed by atoms with Gasteiger partial charge in [0.2, 0.25) is 0 Å². The van der Waals surface area contributed by atoms with Crippen LogP contribution in [0, 0.1) is 0 Å². The first kappa shape index (κ1) is 15.1. The monoisotopic (exact) mass is 255 g/mol. The first-order chi connectivity index (χ1) is 9.33. The maximum absolute atomic E-state index is 11.0. The Morgan fingerprint density at radius 2 is 1.21 bits per heavy atom. The van der Waals surface area contributed by atoms with Crippen LogP contribution in [0.5, 0.6) is 0 Å². The van der Waals surface area contributed by atoms with Crippen LogP contribution in [-0.2, 0) is 4.79 Å². The van der Waals surface area contributed by atoms with Crippen LogP contribution in [0.3, 0.4) is 0 Å². The molecule has 0 aliphatic heterocycles. The summed E-state index contributed by atoms with van der Waals surface area (Å²) in [6.45, 7) is 4.00. The van der Waals surface area contributed by atoms with Gasteiger partial charge in [-0.3, -0.25) is 0 Å². The predicted octanol–water partition coefficient (Wildman–Crippen LogP) is 3.37. The van der Waals surface area contributed by atoms with Crippen molar-refractivity contribution in [3.05, 3.63) is 71.8 Å². The Morgan fingerprint density at radius 3 is 1.53 bits per heavy atom. The van der Waals surface area contributed by atoms with Crippen molar-refractivity contribution in [3.8, 4) is 0 Å². The molecule has 0 saturated carbocycles. The number of nitrogens with two attached hydrogens (primary N) is 1. The van der Waals surface area contributed by atoms with Crippen LogP contribution in [0.2, 0.25) is 0 Å². The molecular weight excluding hydrogens is 234 g/mol. The highest BCUT2D eigenvalue weighted by Crippen LogP contribution is 2.26. The van der Waals surface area contributed by atoms with E-state index in [0.29, 0.717) is 0 Å². The molecular formula is C17H21NO. The van der Waals surface area contributed by atoms with E-state index in [2.05, 4.69) is 0 Å². The van der Waals surface area contributed by atoms with Crippen molar-refractivity contribution in [2.45, 2.75) is 25.8 Å². The Hall–Kier alpha value is -1.93. The standard InChI is InChI=1S/C15H15NO.C2H6/c16-14(11-17)15(12-7-3-1-4-8-12)13-9-5-2-6-10-13;1-2/h1-11,14-15H,16H2;1-2H3. The summed E-state index contributed by atoms with van der Waals surface area (Å²) < 4.78 is 0. The van der Waals surface area contributed by atoms with Crippen molar-refractivity contribution in [1.82, 2.24) is 0 Å². The van der Waals surface area contributed by atoms with Gasteiger partial charge in [0.1, 0.15) is 6.29 Å². The van der Waals surface area contributed by atoms with Crippen LogP contribution in [0.4, 0.5) is 0 Å². The first-order valence-corrected chi connectivity index (χ1v) is 6.63. The molecule has 0 radical (unpaired) electrons. The first-order valence-electron chi connectivity index (χ1n) is 6.63. The Morgan fingerprint density at radius 1 is 0.842 bits per heavy atom. The van der Waals surface area contributed by atoms with E-state index in [1.54, 1.807) is 0 Å². The quantitative estimate of drug-likeness (QED) is 0.851. The number of benzene rings is 2. The third kappa shape index (κ3) is 4.04. The molecule has 2 nitrogen and oxygen atoms in total. The topological polar surface area (TPSA) is 43.1 Å². The molecule has 19 heavy (non-hydrogen) atoms. The molecule has 0 heterocycles. The third-order valence-corrected chi connectivity index (χ3v) is 2.86. The number of carbonyl (C=O) groups excluding carboxylic acids is 1. The summed E-state index contributed by atoms with van der Waals surface area (Å²) in [5.74, 6) is -0.0742. The number of hydrogen-bond donors (Lipinski definition) is 1. The lowest BCUT2D eigenvalue weighted by Gasteiger charge is -2.20.